The zero-order valence-corrected chi connectivity index (χ0v) is 17.0. The molecular formula is C23H18F2N6O. The summed E-state index contributed by atoms with van der Waals surface area (Å²) in [4.78, 5) is 22.6. The predicted molar refractivity (Wildman–Crippen MR) is 118 cm³/mol. The monoisotopic (exact) mass is 432 g/mol. The number of rotatable bonds is 6. The number of carbonyl (C=O) groups is 1. The normalized spacial score (nSPS) is 10.8. The maximum absolute atomic E-state index is 13.6. The van der Waals surface area contributed by atoms with Gasteiger partial charge in [-0.25, -0.2) is 18.7 Å². The summed E-state index contributed by atoms with van der Waals surface area (Å²) in [5, 5.41) is 15.1. The van der Waals surface area contributed by atoms with Crippen LogP contribution in [-0.4, -0.2) is 39.2 Å². The smallest absolute Gasteiger partial charge is 0.278 e. The number of fused-ring (bicyclic) bond motifs is 1. The van der Waals surface area contributed by atoms with Crippen LogP contribution in [0.4, 0.5) is 14.5 Å². The van der Waals surface area contributed by atoms with Crippen LogP contribution in [0.3, 0.4) is 0 Å². The van der Waals surface area contributed by atoms with Crippen LogP contribution in [0.5, 0.6) is 0 Å². The van der Waals surface area contributed by atoms with Gasteiger partial charge in [-0.15, -0.1) is 0 Å². The molecule has 0 saturated heterocycles. The van der Waals surface area contributed by atoms with E-state index in [0.717, 1.165) is 29.0 Å². The van der Waals surface area contributed by atoms with E-state index in [2.05, 4.69) is 9.97 Å². The summed E-state index contributed by atoms with van der Waals surface area (Å²) >= 11 is 0. The molecule has 2 N–H and O–H groups in total. The number of amides is 1. The topological polar surface area (TPSA) is 98.2 Å². The highest BCUT2D eigenvalue weighted by molar-refractivity contribution is 6.05. The third kappa shape index (κ3) is 3.87. The molecule has 0 bridgehead atoms. The summed E-state index contributed by atoms with van der Waals surface area (Å²) in [6.45, 7) is 0. The lowest BCUT2D eigenvalue weighted by atomic mass is 10.0. The molecule has 2 aromatic heterocycles. The van der Waals surface area contributed by atoms with Gasteiger partial charge in [-0.3, -0.25) is 9.20 Å². The van der Waals surface area contributed by atoms with Crippen molar-refractivity contribution in [2.24, 2.45) is 0 Å². The molecule has 2 aromatic carbocycles. The van der Waals surface area contributed by atoms with E-state index in [1.54, 1.807) is 28.9 Å². The van der Waals surface area contributed by atoms with Crippen LogP contribution < -0.4 is 4.90 Å². The van der Waals surface area contributed by atoms with Gasteiger partial charge in [-0.2, -0.15) is 0 Å². The van der Waals surface area contributed by atoms with E-state index in [1.807, 2.05) is 12.1 Å². The molecule has 0 saturated carbocycles. The number of nitrogens with one attached hydrogen (secondary N) is 2. The van der Waals surface area contributed by atoms with Gasteiger partial charge in [-0.05, 0) is 17.7 Å². The molecular weight excluding hydrogens is 414 g/mol. The molecule has 1 amide bonds. The molecule has 0 aliphatic rings. The van der Waals surface area contributed by atoms with Gasteiger partial charge in [0, 0.05) is 48.9 Å². The number of hydrogen-bond donors (Lipinski definition) is 2. The first-order valence-electron chi connectivity index (χ1n) is 9.62. The van der Waals surface area contributed by atoms with E-state index >= 15 is 0 Å². The third-order valence-corrected chi connectivity index (χ3v) is 5.05. The van der Waals surface area contributed by atoms with Crippen molar-refractivity contribution < 1.29 is 13.6 Å². The lowest BCUT2D eigenvalue weighted by Gasteiger charge is -2.17. The van der Waals surface area contributed by atoms with Crippen molar-refractivity contribution in [1.29, 1.82) is 10.8 Å². The molecule has 0 radical (unpaired) electrons. The fourth-order valence-corrected chi connectivity index (χ4v) is 3.26. The quantitative estimate of drug-likeness (QED) is 0.443. The van der Waals surface area contributed by atoms with Crippen molar-refractivity contribution in [3.05, 3.63) is 83.9 Å². The molecule has 7 nitrogen and oxygen atoms in total. The largest absolute Gasteiger partial charge is 0.313 e. The standard InChI is InChI=1S/C23H18F2N6O/c1-30(16-6-7-17(24)18(25)10-16)23(32)20-13-31-21(11-29-22(31)12-28-20)15-4-2-14(3-5-15)19(27)8-9-26/h2-7,9-13,26-27H,8H2,1H3. The SMILES string of the molecule is CN(C(=O)c1cn2c(-c3ccc(C(=N)CC=N)cc3)cnc2cn1)c1ccc(F)c(F)c1. The first-order chi connectivity index (χ1) is 15.4. The van der Waals surface area contributed by atoms with Gasteiger partial charge in [0.25, 0.3) is 5.91 Å². The highest BCUT2D eigenvalue weighted by Gasteiger charge is 2.18. The van der Waals surface area contributed by atoms with E-state index in [1.165, 1.54) is 30.4 Å². The zero-order valence-electron chi connectivity index (χ0n) is 17.0. The van der Waals surface area contributed by atoms with Gasteiger partial charge >= 0.3 is 0 Å². The summed E-state index contributed by atoms with van der Waals surface area (Å²) < 4.78 is 28.5. The number of halogens is 2. The van der Waals surface area contributed by atoms with Crippen LogP contribution in [0.25, 0.3) is 16.9 Å². The van der Waals surface area contributed by atoms with Crippen molar-refractivity contribution in [2.75, 3.05) is 11.9 Å². The van der Waals surface area contributed by atoms with Gasteiger partial charge < -0.3 is 15.7 Å². The van der Waals surface area contributed by atoms with Crippen LogP contribution >= 0.6 is 0 Å². The first kappa shape index (κ1) is 21.0. The Morgan fingerprint density at radius 3 is 2.53 bits per heavy atom. The Balaban J connectivity index is 1.66. The van der Waals surface area contributed by atoms with Crippen molar-refractivity contribution >= 4 is 29.2 Å². The number of aromatic nitrogens is 3. The number of hydrogen-bond acceptors (Lipinski definition) is 5. The molecule has 4 rings (SSSR count). The molecule has 9 heteroatoms. The minimum atomic E-state index is -1.04. The Kier molecular flexibility index (Phi) is 5.55. The molecule has 160 valence electrons. The minimum absolute atomic E-state index is 0.105. The maximum atomic E-state index is 13.6. The summed E-state index contributed by atoms with van der Waals surface area (Å²) in [5.74, 6) is -2.52. The van der Waals surface area contributed by atoms with E-state index in [0.29, 0.717) is 11.4 Å². The second kappa shape index (κ2) is 8.46. The highest BCUT2D eigenvalue weighted by Crippen LogP contribution is 2.23. The molecule has 0 aliphatic heterocycles. The van der Waals surface area contributed by atoms with Crippen LogP contribution in [0.1, 0.15) is 22.5 Å². The van der Waals surface area contributed by atoms with E-state index in [9.17, 15) is 13.6 Å². The average molecular weight is 432 g/mol. The lowest BCUT2D eigenvalue weighted by Crippen LogP contribution is -2.27. The van der Waals surface area contributed by atoms with Gasteiger partial charge in [0.2, 0.25) is 0 Å². The van der Waals surface area contributed by atoms with Gasteiger partial charge in [-0.1, -0.05) is 24.3 Å². The molecule has 0 spiro atoms. The number of carbonyl (C=O) groups excluding carboxylic acids is 1. The van der Waals surface area contributed by atoms with Gasteiger partial charge in [0.1, 0.15) is 5.69 Å². The molecule has 2 heterocycles. The fraction of sp³-hybridized carbons (Fsp3) is 0.0870. The molecule has 0 unspecified atom stereocenters. The summed E-state index contributed by atoms with van der Waals surface area (Å²) in [5.41, 5.74) is 3.45. The Hall–Kier alpha value is -4.27. The zero-order chi connectivity index (χ0) is 22.8. The van der Waals surface area contributed by atoms with Gasteiger partial charge in [0.05, 0.1) is 18.1 Å². The Morgan fingerprint density at radius 1 is 1.09 bits per heavy atom. The van der Waals surface area contributed by atoms with Crippen LogP contribution in [0.15, 0.2) is 61.1 Å². The third-order valence-electron chi connectivity index (χ3n) is 5.05. The fourth-order valence-electron chi connectivity index (χ4n) is 3.26. The van der Waals surface area contributed by atoms with Crippen molar-refractivity contribution in [2.45, 2.75) is 6.42 Å². The summed E-state index contributed by atoms with van der Waals surface area (Å²) in [6, 6.07) is 10.5. The number of imidazole rings is 1. The van der Waals surface area contributed by atoms with Crippen LogP contribution in [0, 0.1) is 22.5 Å². The van der Waals surface area contributed by atoms with Crippen molar-refractivity contribution in [3.8, 4) is 11.3 Å². The molecule has 4 aromatic rings. The molecule has 0 atom stereocenters. The van der Waals surface area contributed by atoms with Crippen molar-refractivity contribution in [1.82, 2.24) is 14.4 Å². The Bertz CT molecular complexity index is 1350. The van der Waals surface area contributed by atoms with Crippen LogP contribution in [-0.2, 0) is 0 Å². The summed E-state index contributed by atoms with van der Waals surface area (Å²) in [6.07, 6.45) is 6.11. The van der Waals surface area contributed by atoms with Crippen molar-refractivity contribution in [3.63, 3.8) is 0 Å². The average Bonchev–Trinajstić information content (AvgIpc) is 3.23. The number of anilines is 1. The van der Waals surface area contributed by atoms with Crippen LogP contribution in [0.2, 0.25) is 0 Å². The predicted octanol–water partition coefficient (Wildman–Crippen LogP) is 4.36. The van der Waals surface area contributed by atoms with E-state index in [-0.39, 0.29) is 17.8 Å². The summed E-state index contributed by atoms with van der Waals surface area (Å²) in [7, 11) is 1.46. The molecule has 0 fully saturated rings. The Morgan fingerprint density at radius 2 is 1.84 bits per heavy atom. The molecule has 32 heavy (non-hydrogen) atoms. The van der Waals surface area contributed by atoms with E-state index in [4.69, 9.17) is 10.8 Å². The number of benzene rings is 2. The Labute approximate surface area is 182 Å². The second-order valence-electron chi connectivity index (χ2n) is 7.07. The highest BCUT2D eigenvalue weighted by atomic mass is 19.2. The lowest BCUT2D eigenvalue weighted by molar-refractivity contribution is 0.0987. The molecule has 0 aliphatic carbocycles. The number of nitrogens with zero attached hydrogens (tertiary/aromatic N) is 4. The maximum Gasteiger partial charge on any atom is 0.278 e. The van der Waals surface area contributed by atoms with Gasteiger partial charge in [0.15, 0.2) is 17.3 Å². The minimum Gasteiger partial charge on any atom is -0.313 e. The first-order valence-corrected chi connectivity index (χ1v) is 9.62. The second-order valence-corrected chi connectivity index (χ2v) is 7.07. The van der Waals surface area contributed by atoms with E-state index < -0.39 is 17.5 Å².